The van der Waals surface area contributed by atoms with E-state index >= 15 is 0 Å². The molecule has 0 aliphatic rings. The summed E-state index contributed by atoms with van der Waals surface area (Å²) in [5.74, 6) is -2.87. The number of carbonyl (C=O) groups is 3. The summed E-state index contributed by atoms with van der Waals surface area (Å²) in [6, 6.07) is -1.39. The van der Waals surface area contributed by atoms with E-state index in [1.54, 1.807) is 0 Å². The Balaban J connectivity index is 4.47. The summed E-state index contributed by atoms with van der Waals surface area (Å²) in [5.41, 5.74) is 0. The molecule has 10 nitrogen and oxygen atoms in total. The summed E-state index contributed by atoms with van der Waals surface area (Å²) in [6.45, 7) is -0.394. The third-order valence-corrected chi connectivity index (χ3v) is 2.00. The molecule has 0 bridgehead atoms. The molecule has 1 unspecified atom stereocenters. The van der Waals surface area contributed by atoms with E-state index < -0.39 is 44.8 Å². The third kappa shape index (κ3) is 8.65. The molecule has 11 heteroatoms. The first-order valence-electron chi connectivity index (χ1n) is 4.58. The number of phosphoric ester groups is 1. The predicted octanol–water partition coefficient (Wildman–Crippen LogP) is -2.20. The van der Waals surface area contributed by atoms with Crippen molar-refractivity contribution in [3.05, 3.63) is 0 Å². The van der Waals surface area contributed by atoms with Crippen LogP contribution in [0.2, 0.25) is 0 Å². The van der Waals surface area contributed by atoms with E-state index in [1.807, 2.05) is 5.32 Å². The number of hydrogen-bond acceptors (Lipinski definition) is 5. The molecule has 5 N–H and O–H groups in total. The van der Waals surface area contributed by atoms with Crippen LogP contribution in [0.15, 0.2) is 0 Å². The lowest BCUT2D eigenvalue weighted by Crippen LogP contribution is -2.49. The van der Waals surface area contributed by atoms with Crippen molar-refractivity contribution < 1.29 is 38.4 Å². The van der Waals surface area contributed by atoms with Gasteiger partial charge in [0.2, 0.25) is 11.8 Å². The number of carboxylic acid groups (broad SMARTS) is 1. The molecule has 0 aromatic heterocycles. The maximum atomic E-state index is 11.4. The van der Waals surface area contributed by atoms with Crippen molar-refractivity contribution in [1.29, 1.82) is 0 Å². The molecule has 0 rings (SSSR count). The molecule has 0 fully saturated rings. The summed E-state index contributed by atoms with van der Waals surface area (Å²) in [6.07, 6.45) is 0. The molecule has 0 radical (unpaired) electrons. The minimum atomic E-state index is -4.79. The van der Waals surface area contributed by atoms with Gasteiger partial charge in [0.1, 0.15) is 12.6 Å². The Hall–Kier alpha value is -1.48. The van der Waals surface area contributed by atoms with Crippen LogP contribution in [0.25, 0.3) is 0 Å². The Labute approximate surface area is 102 Å². The summed E-state index contributed by atoms with van der Waals surface area (Å²) in [5, 5.41) is 12.3. The Morgan fingerprint density at radius 1 is 1.33 bits per heavy atom. The first kappa shape index (κ1) is 16.5. The van der Waals surface area contributed by atoms with Crippen LogP contribution in [0, 0.1) is 0 Å². The fourth-order valence-electron chi connectivity index (χ4n) is 0.886. The molecule has 0 aromatic rings. The molecule has 2 amide bonds. The van der Waals surface area contributed by atoms with Gasteiger partial charge in [-0.25, -0.2) is 4.57 Å². The summed E-state index contributed by atoms with van der Waals surface area (Å²) < 4.78 is 14.5. The van der Waals surface area contributed by atoms with Crippen molar-refractivity contribution in [3.63, 3.8) is 0 Å². The fourth-order valence-corrected chi connectivity index (χ4v) is 1.23. The maximum absolute atomic E-state index is 11.4. The molecule has 0 aromatic carbocycles. The van der Waals surface area contributed by atoms with Gasteiger partial charge < -0.3 is 25.5 Å². The standard InChI is InChI=1S/C7H13N2O8P/c1-4(10)9-5(3-17-18(14,15)16)7(13)8-2-6(11)12/h5H,2-3H2,1H3,(H,8,13)(H,9,10)(H,11,12)(H2,14,15,16). The lowest BCUT2D eigenvalue weighted by molar-refractivity contribution is -0.138. The average molecular weight is 284 g/mol. The Morgan fingerprint density at radius 3 is 2.28 bits per heavy atom. The Kier molecular flexibility index (Phi) is 6.48. The molecule has 0 saturated carbocycles. The largest absolute Gasteiger partial charge is 0.480 e. The van der Waals surface area contributed by atoms with Gasteiger partial charge in [-0.05, 0) is 0 Å². The molecular formula is C7H13N2O8P. The van der Waals surface area contributed by atoms with Gasteiger partial charge in [-0.15, -0.1) is 0 Å². The van der Waals surface area contributed by atoms with Gasteiger partial charge in [-0.2, -0.15) is 0 Å². The quantitative estimate of drug-likeness (QED) is 0.329. The first-order valence-corrected chi connectivity index (χ1v) is 6.11. The van der Waals surface area contributed by atoms with Gasteiger partial charge in [0.25, 0.3) is 0 Å². The van der Waals surface area contributed by atoms with Crippen molar-refractivity contribution in [3.8, 4) is 0 Å². The maximum Gasteiger partial charge on any atom is 0.469 e. The van der Waals surface area contributed by atoms with Crippen LogP contribution >= 0.6 is 7.82 Å². The van der Waals surface area contributed by atoms with Crippen LogP contribution in [-0.4, -0.2) is 51.9 Å². The highest BCUT2D eigenvalue weighted by Gasteiger charge is 2.24. The van der Waals surface area contributed by atoms with E-state index in [2.05, 4.69) is 9.84 Å². The average Bonchev–Trinajstić information content (AvgIpc) is 2.18. The summed E-state index contributed by atoms with van der Waals surface area (Å²) in [7, 11) is -4.79. The number of carbonyl (C=O) groups excluding carboxylic acids is 2. The van der Waals surface area contributed by atoms with E-state index in [9.17, 15) is 18.9 Å². The lowest BCUT2D eigenvalue weighted by Gasteiger charge is -2.17. The fraction of sp³-hybridized carbons (Fsp3) is 0.571. The topological polar surface area (TPSA) is 162 Å². The minimum absolute atomic E-state index is 0.639. The Morgan fingerprint density at radius 2 is 1.89 bits per heavy atom. The van der Waals surface area contributed by atoms with Gasteiger partial charge in [-0.1, -0.05) is 0 Å². The van der Waals surface area contributed by atoms with Crippen molar-refractivity contribution in [2.75, 3.05) is 13.2 Å². The molecule has 0 aliphatic carbocycles. The van der Waals surface area contributed by atoms with Crippen LogP contribution in [0.1, 0.15) is 6.92 Å². The number of carboxylic acids is 1. The number of phosphoric acid groups is 1. The highest BCUT2D eigenvalue weighted by Crippen LogP contribution is 2.35. The molecule has 1 atom stereocenters. The molecule has 0 saturated heterocycles. The second kappa shape index (κ2) is 7.07. The van der Waals surface area contributed by atoms with Crippen molar-refractivity contribution >= 4 is 25.6 Å². The second-order valence-electron chi connectivity index (χ2n) is 3.15. The Bertz CT molecular complexity index is 378. The highest BCUT2D eigenvalue weighted by molar-refractivity contribution is 7.46. The van der Waals surface area contributed by atoms with E-state index in [0.717, 1.165) is 6.92 Å². The van der Waals surface area contributed by atoms with Gasteiger partial charge in [-0.3, -0.25) is 18.9 Å². The SMILES string of the molecule is CC(=O)NC(COP(=O)(O)O)C(=O)NCC(=O)O. The van der Waals surface area contributed by atoms with E-state index in [0.29, 0.717) is 0 Å². The van der Waals surface area contributed by atoms with Crippen LogP contribution < -0.4 is 10.6 Å². The van der Waals surface area contributed by atoms with Gasteiger partial charge in [0.05, 0.1) is 6.61 Å². The van der Waals surface area contributed by atoms with Gasteiger partial charge in [0, 0.05) is 6.92 Å². The zero-order chi connectivity index (χ0) is 14.3. The molecule has 104 valence electrons. The van der Waals surface area contributed by atoms with Crippen molar-refractivity contribution in [1.82, 2.24) is 10.6 Å². The zero-order valence-electron chi connectivity index (χ0n) is 9.32. The predicted molar refractivity (Wildman–Crippen MR) is 56.2 cm³/mol. The summed E-state index contributed by atoms with van der Waals surface area (Å²) in [4.78, 5) is 49.3. The van der Waals surface area contributed by atoms with E-state index in [4.69, 9.17) is 14.9 Å². The number of rotatable bonds is 7. The van der Waals surface area contributed by atoms with E-state index in [-0.39, 0.29) is 0 Å². The van der Waals surface area contributed by atoms with Crippen LogP contribution in [0.5, 0.6) is 0 Å². The van der Waals surface area contributed by atoms with Gasteiger partial charge >= 0.3 is 13.8 Å². The molecule has 0 aliphatic heterocycles. The van der Waals surface area contributed by atoms with Crippen molar-refractivity contribution in [2.45, 2.75) is 13.0 Å². The zero-order valence-corrected chi connectivity index (χ0v) is 10.2. The second-order valence-corrected chi connectivity index (χ2v) is 4.39. The monoisotopic (exact) mass is 284 g/mol. The molecular weight excluding hydrogens is 271 g/mol. The highest BCUT2D eigenvalue weighted by atomic mass is 31.2. The molecule has 0 spiro atoms. The van der Waals surface area contributed by atoms with Crippen LogP contribution in [0.4, 0.5) is 0 Å². The van der Waals surface area contributed by atoms with Crippen LogP contribution in [0.3, 0.4) is 0 Å². The number of aliphatic carboxylic acids is 1. The first-order chi connectivity index (χ1) is 8.11. The number of amides is 2. The van der Waals surface area contributed by atoms with Crippen LogP contribution in [-0.2, 0) is 23.5 Å². The summed E-state index contributed by atoms with van der Waals surface area (Å²) >= 11 is 0. The number of nitrogens with one attached hydrogen (secondary N) is 2. The molecule has 0 heterocycles. The van der Waals surface area contributed by atoms with Gasteiger partial charge in [0.15, 0.2) is 0 Å². The normalized spacial score (nSPS) is 12.6. The smallest absolute Gasteiger partial charge is 0.469 e. The van der Waals surface area contributed by atoms with E-state index in [1.165, 1.54) is 0 Å². The molecule has 18 heavy (non-hydrogen) atoms. The third-order valence-electron chi connectivity index (χ3n) is 1.52. The minimum Gasteiger partial charge on any atom is -0.480 e. The lowest BCUT2D eigenvalue weighted by atomic mass is 10.3. The van der Waals surface area contributed by atoms with Crippen molar-refractivity contribution in [2.24, 2.45) is 0 Å². The number of hydrogen-bond donors (Lipinski definition) is 5.